The summed E-state index contributed by atoms with van der Waals surface area (Å²) in [6.45, 7) is 9.46. The van der Waals surface area contributed by atoms with Gasteiger partial charge in [0.1, 0.15) is 0 Å². The molecule has 1 aromatic rings. The smallest absolute Gasteiger partial charge is 0.481 e. The van der Waals surface area contributed by atoms with E-state index >= 15 is 0 Å². The van der Waals surface area contributed by atoms with E-state index in [-0.39, 0.29) is 11.5 Å². The van der Waals surface area contributed by atoms with Gasteiger partial charge in [0.05, 0.1) is 17.6 Å². The molecule has 1 aromatic carbocycles. The number of carbonyl (C=O) groups excluding carboxylic acids is 1. The Hall–Kier alpha value is -1.57. The standard InChI is InChI=1S/C19H25BO5S/c1-13(21)26-12-16(20-24-18(2,3)19(4,5)25-20)10-14-7-6-8-15(9-14)11-17(22)23/h6-10H,11-12H2,1-5H3,(H,22,23). The van der Waals surface area contributed by atoms with Gasteiger partial charge in [0.2, 0.25) is 0 Å². The molecule has 2 rings (SSSR count). The minimum Gasteiger partial charge on any atom is -0.481 e. The van der Waals surface area contributed by atoms with Crippen molar-refractivity contribution < 1.29 is 24.0 Å². The van der Waals surface area contributed by atoms with Crippen LogP contribution in [0, 0.1) is 0 Å². The van der Waals surface area contributed by atoms with E-state index in [1.165, 1.54) is 18.7 Å². The van der Waals surface area contributed by atoms with Gasteiger partial charge in [-0.1, -0.05) is 42.1 Å². The largest absolute Gasteiger partial charge is 0.491 e. The molecule has 1 aliphatic heterocycles. The van der Waals surface area contributed by atoms with E-state index in [9.17, 15) is 9.59 Å². The lowest BCUT2D eigenvalue weighted by atomic mass is 9.78. The molecule has 1 fully saturated rings. The third kappa shape index (κ3) is 5.22. The summed E-state index contributed by atoms with van der Waals surface area (Å²) in [5, 5.41) is 9.00. The van der Waals surface area contributed by atoms with Gasteiger partial charge in [0, 0.05) is 12.7 Å². The Balaban J connectivity index is 2.31. The predicted molar refractivity (Wildman–Crippen MR) is 105 cm³/mol. The van der Waals surface area contributed by atoms with Crippen molar-refractivity contribution >= 4 is 36.0 Å². The number of benzene rings is 1. The first-order valence-electron chi connectivity index (χ1n) is 8.50. The molecule has 5 nitrogen and oxygen atoms in total. The number of carbonyl (C=O) groups is 2. The van der Waals surface area contributed by atoms with Crippen LogP contribution in [0.4, 0.5) is 0 Å². The van der Waals surface area contributed by atoms with E-state index in [0.717, 1.165) is 16.6 Å². The van der Waals surface area contributed by atoms with E-state index in [1.54, 1.807) is 6.07 Å². The highest BCUT2D eigenvalue weighted by atomic mass is 32.2. The summed E-state index contributed by atoms with van der Waals surface area (Å²) < 4.78 is 12.2. The van der Waals surface area contributed by atoms with Crippen LogP contribution in [0.5, 0.6) is 0 Å². The minimum atomic E-state index is -0.871. The summed E-state index contributed by atoms with van der Waals surface area (Å²) >= 11 is 1.20. The molecule has 1 heterocycles. The normalized spacial score (nSPS) is 18.8. The fraction of sp³-hybridized carbons (Fsp3) is 0.474. The second-order valence-electron chi connectivity index (χ2n) is 7.40. The van der Waals surface area contributed by atoms with Crippen molar-refractivity contribution in [2.24, 2.45) is 0 Å². The first kappa shape index (κ1) is 20.7. The van der Waals surface area contributed by atoms with Crippen molar-refractivity contribution in [3.8, 4) is 0 Å². The van der Waals surface area contributed by atoms with Gasteiger partial charge in [-0.05, 0) is 44.3 Å². The van der Waals surface area contributed by atoms with Crippen LogP contribution >= 0.6 is 11.8 Å². The molecule has 140 valence electrons. The third-order valence-electron chi connectivity index (χ3n) is 4.66. The van der Waals surface area contributed by atoms with Gasteiger partial charge in [0.25, 0.3) is 0 Å². The van der Waals surface area contributed by atoms with Crippen molar-refractivity contribution in [2.45, 2.75) is 52.2 Å². The Morgan fingerprint density at radius 3 is 2.35 bits per heavy atom. The summed E-state index contributed by atoms with van der Waals surface area (Å²) in [5.41, 5.74) is 1.48. The maximum absolute atomic E-state index is 11.4. The monoisotopic (exact) mass is 376 g/mol. The number of aliphatic carboxylic acids is 1. The van der Waals surface area contributed by atoms with Gasteiger partial charge in [0.15, 0.2) is 5.12 Å². The highest BCUT2D eigenvalue weighted by molar-refractivity contribution is 8.13. The maximum atomic E-state index is 11.4. The molecule has 0 saturated carbocycles. The van der Waals surface area contributed by atoms with Gasteiger partial charge >= 0.3 is 13.1 Å². The van der Waals surface area contributed by atoms with Gasteiger partial charge < -0.3 is 14.4 Å². The molecule has 0 unspecified atom stereocenters. The molecule has 7 heteroatoms. The van der Waals surface area contributed by atoms with Crippen LogP contribution in [-0.2, 0) is 25.3 Å². The number of hydrogen-bond donors (Lipinski definition) is 1. The molecular formula is C19H25BO5S. The van der Waals surface area contributed by atoms with Crippen molar-refractivity contribution in [2.75, 3.05) is 5.75 Å². The summed E-state index contributed by atoms with van der Waals surface area (Å²) in [7, 11) is -0.546. The SMILES string of the molecule is CC(=O)SCC(=Cc1cccc(CC(=O)O)c1)B1OC(C)(C)C(C)(C)O1. The summed E-state index contributed by atoms with van der Waals surface area (Å²) in [6.07, 6.45) is 1.89. The van der Waals surface area contributed by atoms with E-state index in [1.807, 2.05) is 52.0 Å². The lowest BCUT2D eigenvalue weighted by Crippen LogP contribution is -2.41. The second kappa shape index (κ2) is 7.98. The van der Waals surface area contributed by atoms with E-state index < -0.39 is 24.3 Å². The zero-order valence-corrected chi connectivity index (χ0v) is 16.7. The molecule has 0 atom stereocenters. The van der Waals surface area contributed by atoms with Gasteiger partial charge in [-0.3, -0.25) is 9.59 Å². The Morgan fingerprint density at radius 2 is 1.81 bits per heavy atom. The number of carboxylic acids is 1. The quantitative estimate of drug-likeness (QED) is 0.765. The molecule has 0 bridgehead atoms. The number of hydrogen-bond acceptors (Lipinski definition) is 5. The molecule has 0 spiro atoms. The Kier molecular flexibility index (Phi) is 6.37. The van der Waals surface area contributed by atoms with Gasteiger partial charge in [-0.2, -0.15) is 0 Å². The fourth-order valence-corrected chi connectivity index (χ4v) is 3.13. The van der Waals surface area contributed by atoms with E-state index in [2.05, 4.69) is 0 Å². The van der Waals surface area contributed by atoms with Crippen LogP contribution in [0.2, 0.25) is 0 Å². The number of rotatable bonds is 6. The lowest BCUT2D eigenvalue weighted by Gasteiger charge is -2.32. The van der Waals surface area contributed by atoms with Crippen LogP contribution in [0.3, 0.4) is 0 Å². The van der Waals surface area contributed by atoms with Crippen molar-refractivity contribution in [3.63, 3.8) is 0 Å². The molecule has 1 saturated heterocycles. The zero-order chi connectivity index (χ0) is 19.5. The van der Waals surface area contributed by atoms with Crippen LogP contribution in [0.1, 0.15) is 45.7 Å². The zero-order valence-electron chi connectivity index (χ0n) is 15.9. The topological polar surface area (TPSA) is 72.8 Å². The maximum Gasteiger partial charge on any atom is 0.491 e. The highest BCUT2D eigenvalue weighted by Crippen LogP contribution is 2.39. The van der Waals surface area contributed by atoms with Gasteiger partial charge in [-0.15, -0.1) is 0 Å². The lowest BCUT2D eigenvalue weighted by molar-refractivity contribution is -0.136. The Labute approximate surface area is 159 Å². The molecule has 1 N–H and O–H groups in total. The van der Waals surface area contributed by atoms with Gasteiger partial charge in [-0.25, -0.2) is 0 Å². The Morgan fingerprint density at radius 1 is 1.19 bits per heavy atom. The molecule has 0 amide bonds. The van der Waals surface area contributed by atoms with Crippen LogP contribution in [0.15, 0.2) is 29.7 Å². The number of thioether (sulfide) groups is 1. The molecule has 26 heavy (non-hydrogen) atoms. The van der Waals surface area contributed by atoms with Crippen LogP contribution < -0.4 is 0 Å². The fourth-order valence-electron chi connectivity index (χ4n) is 2.54. The third-order valence-corrected chi connectivity index (χ3v) is 5.54. The van der Waals surface area contributed by atoms with Crippen LogP contribution in [-0.4, -0.2) is 40.3 Å². The number of carboxylic acid groups (broad SMARTS) is 1. The second-order valence-corrected chi connectivity index (χ2v) is 8.56. The van der Waals surface area contributed by atoms with Crippen LogP contribution in [0.25, 0.3) is 6.08 Å². The van der Waals surface area contributed by atoms with E-state index in [0.29, 0.717) is 5.75 Å². The first-order valence-corrected chi connectivity index (χ1v) is 9.49. The van der Waals surface area contributed by atoms with Crippen molar-refractivity contribution in [3.05, 3.63) is 40.9 Å². The molecular weight excluding hydrogens is 351 g/mol. The molecule has 0 aliphatic carbocycles. The summed E-state index contributed by atoms with van der Waals surface area (Å²) in [6, 6.07) is 7.33. The Bertz CT molecular complexity index is 710. The predicted octanol–water partition coefficient (Wildman–Crippen LogP) is 3.61. The van der Waals surface area contributed by atoms with E-state index in [4.69, 9.17) is 14.4 Å². The average Bonchev–Trinajstić information content (AvgIpc) is 2.71. The minimum absolute atomic E-state index is 0.0204. The molecule has 1 aliphatic rings. The van der Waals surface area contributed by atoms with Crippen molar-refractivity contribution in [1.29, 1.82) is 0 Å². The molecule has 0 aromatic heterocycles. The summed E-state index contributed by atoms with van der Waals surface area (Å²) in [5.74, 6) is -0.417. The average molecular weight is 376 g/mol. The highest BCUT2D eigenvalue weighted by Gasteiger charge is 2.52. The van der Waals surface area contributed by atoms with Crippen molar-refractivity contribution in [1.82, 2.24) is 0 Å². The summed E-state index contributed by atoms with van der Waals surface area (Å²) in [4.78, 5) is 22.4. The molecule has 0 radical (unpaired) electrons. The first-order chi connectivity index (χ1) is 12.0.